The normalized spacial score (nSPS) is 12.9. The van der Waals surface area contributed by atoms with Gasteiger partial charge in [0.1, 0.15) is 0 Å². The number of nitrogens with zero attached hydrogens (tertiary/aromatic N) is 3. The third-order valence-corrected chi connectivity index (χ3v) is 3.59. The fraction of sp³-hybridized carbons (Fsp3) is 0.500. The average Bonchev–Trinajstić information content (AvgIpc) is 2.93. The lowest BCUT2D eigenvalue weighted by molar-refractivity contribution is 0.278. The van der Waals surface area contributed by atoms with Crippen LogP contribution in [-0.2, 0) is 0 Å². The van der Waals surface area contributed by atoms with Gasteiger partial charge in [0.2, 0.25) is 0 Å². The minimum absolute atomic E-state index is 0.228. The highest BCUT2D eigenvalue weighted by molar-refractivity contribution is 5.55. The number of benzene rings is 1. The summed E-state index contributed by atoms with van der Waals surface area (Å²) in [7, 11) is 0. The van der Waals surface area contributed by atoms with Gasteiger partial charge >= 0.3 is 0 Å². The molecule has 114 valence electrons. The van der Waals surface area contributed by atoms with E-state index < -0.39 is 0 Å². The molecule has 1 unspecified atom stereocenters. The molecule has 1 aromatic carbocycles. The van der Waals surface area contributed by atoms with Crippen molar-refractivity contribution in [3.05, 3.63) is 35.2 Å². The van der Waals surface area contributed by atoms with Crippen LogP contribution in [0.15, 0.2) is 22.7 Å². The summed E-state index contributed by atoms with van der Waals surface area (Å²) in [6.45, 7) is 11.0. The monoisotopic (exact) mass is 288 g/mol. The molecule has 1 aromatic heterocycles. The van der Waals surface area contributed by atoms with Gasteiger partial charge in [-0.1, -0.05) is 36.2 Å². The number of nitrogens with two attached hydrogens (primary N) is 1. The van der Waals surface area contributed by atoms with Crippen molar-refractivity contribution in [1.29, 1.82) is 0 Å². The van der Waals surface area contributed by atoms with Crippen molar-refractivity contribution >= 4 is 0 Å². The van der Waals surface area contributed by atoms with E-state index >= 15 is 0 Å². The van der Waals surface area contributed by atoms with Crippen LogP contribution in [0, 0.1) is 13.8 Å². The molecule has 21 heavy (non-hydrogen) atoms. The molecule has 2 N–H and O–H groups in total. The minimum atomic E-state index is -0.228. The van der Waals surface area contributed by atoms with Crippen molar-refractivity contribution < 1.29 is 4.52 Å². The van der Waals surface area contributed by atoms with Gasteiger partial charge in [-0.05, 0) is 39.1 Å². The number of aromatic nitrogens is 2. The van der Waals surface area contributed by atoms with E-state index in [1.54, 1.807) is 0 Å². The molecule has 5 nitrogen and oxygen atoms in total. The molecule has 0 spiro atoms. The maximum absolute atomic E-state index is 6.17. The molecule has 0 radical (unpaired) electrons. The number of likely N-dealkylation sites (N-methyl/N-ethyl adjacent to an activating group) is 1. The molecule has 0 aliphatic rings. The summed E-state index contributed by atoms with van der Waals surface area (Å²) < 4.78 is 5.37. The summed E-state index contributed by atoms with van der Waals surface area (Å²) in [4.78, 5) is 6.70. The van der Waals surface area contributed by atoms with E-state index in [1.807, 2.05) is 12.1 Å². The van der Waals surface area contributed by atoms with Crippen LogP contribution in [0.2, 0.25) is 0 Å². The number of hydrogen-bond acceptors (Lipinski definition) is 5. The highest BCUT2D eigenvalue weighted by Gasteiger charge is 2.17. The maximum Gasteiger partial charge on any atom is 0.257 e. The quantitative estimate of drug-likeness (QED) is 0.885. The molecule has 0 saturated carbocycles. The molecule has 1 atom stereocenters. The third kappa shape index (κ3) is 3.89. The number of aryl methyl sites for hydroxylation is 2. The van der Waals surface area contributed by atoms with Crippen LogP contribution in [0.1, 0.15) is 36.8 Å². The van der Waals surface area contributed by atoms with E-state index in [9.17, 15) is 0 Å². The van der Waals surface area contributed by atoms with Crippen LogP contribution in [0.25, 0.3) is 11.5 Å². The highest BCUT2D eigenvalue weighted by Crippen LogP contribution is 2.21. The topological polar surface area (TPSA) is 68.2 Å². The molecule has 0 amide bonds. The van der Waals surface area contributed by atoms with Gasteiger partial charge in [0.25, 0.3) is 5.89 Å². The van der Waals surface area contributed by atoms with Crippen molar-refractivity contribution in [3.8, 4) is 11.5 Å². The lowest BCUT2D eigenvalue weighted by Gasteiger charge is -2.20. The predicted molar refractivity (Wildman–Crippen MR) is 83.9 cm³/mol. The number of rotatable bonds is 6. The first-order valence-electron chi connectivity index (χ1n) is 7.43. The first-order chi connectivity index (χ1) is 10.0. The molecule has 0 fully saturated rings. The average molecular weight is 288 g/mol. The van der Waals surface area contributed by atoms with Crippen molar-refractivity contribution in [1.82, 2.24) is 15.0 Å². The van der Waals surface area contributed by atoms with E-state index in [0.717, 1.165) is 25.2 Å². The molecular formula is C16H24N4O. The SMILES string of the molecule is CCN(CC)CC(N)c1noc(-c2cc(C)cc(C)c2)n1. The van der Waals surface area contributed by atoms with Gasteiger partial charge in [-0.25, -0.2) is 0 Å². The molecule has 0 saturated heterocycles. The molecule has 5 heteroatoms. The maximum atomic E-state index is 6.17. The fourth-order valence-corrected chi connectivity index (χ4v) is 2.44. The minimum Gasteiger partial charge on any atom is -0.334 e. The van der Waals surface area contributed by atoms with Crippen LogP contribution < -0.4 is 5.73 Å². The van der Waals surface area contributed by atoms with Crippen molar-refractivity contribution in [2.24, 2.45) is 5.73 Å². The van der Waals surface area contributed by atoms with Gasteiger partial charge in [0.15, 0.2) is 5.82 Å². The molecule has 0 bridgehead atoms. The summed E-state index contributed by atoms with van der Waals surface area (Å²) in [6.07, 6.45) is 0. The molecule has 0 aliphatic heterocycles. The second-order valence-electron chi connectivity index (χ2n) is 5.43. The largest absolute Gasteiger partial charge is 0.334 e. The molecule has 0 aliphatic carbocycles. The van der Waals surface area contributed by atoms with Crippen LogP contribution in [-0.4, -0.2) is 34.7 Å². The van der Waals surface area contributed by atoms with Gasteiger partial charge in [-0.2, -0.15) is 4.98 Å². The lowest BCUT2D eigenvalue weighted by Crippen LogP contribution is -2.32. The Bertz CT molecular complexity index is 569. The second kappa shape index (κ2) is 6.83. The Kier molecular flexibility index (Phi) is 5.09. The Morgan fingerprint density at radius 3 is 2.33 bits per heavy atom. The van der Waals surface area contributed by atoms with Gasteiger partial charge in [0, 0.05) is 12.1 Å². The van der Waals surface area contributed by atoms with E-state index in [2.05, 4.69) is 48.8 Å². The number of hydrogen-bond donors (Lipinski definition) is 1. The van der Waals surface area contributed by atoms with Crippen LogP contribution in [0.5, 0.6) is 0 Å². The van der Waals surface area contributed by atoms with Crippen LogP contribution in [0.4, 0.5) is 0 Å². The van der Waals surface area contributed by atoms with Crippen LogP contribution in [0.3, 0.4) is 0 Å². The van der Waals surface area contributed by atoms with Crippen molar-refractivity contribution in [3.63, 3.8) is 0 Å². The first kappa shape index (κ1) is 15.7. The van der Waals surface area contributed by atoms with Crippen LogP contribution >= 0.6 is 0 Å². The Morgan fingerprint density at radius 1 is 1.14 bits per heavy atom. The van der Waals surface area contributed by atoms with Crippen molar-refractivity contribution in [2.75, 3.05) is 19.6 Å². The Morgan fingerprint density at radius 2 is 1.76 bits per heavy atom. The van der Waals surface area contributed by atoms with Gasteiger partial charge in [-0.15, -0.1) is 0 Å². The van der Waals surface area contributed by atoms with Gasteiger partial charge in [-0.3, -0.25) is 0 Å². The van der Waals surface area contributed by atoms with E-state index in [0.29, 0.717) is 11.7 Å². The molecule has 2 rings (SSSR count). The summed E-state index contributed by atoms with van der Waals surface area (Å²) in [5.74, 6) is 1.10. The zero-order valence-electron chi connectivity index (χ0n) is 13.3. The smallest absolute Gasteiger partial charge is 0.257 e. The summed E-state index contributed by atoms with van der Waals surface area (Å²) in [6, 6.07) is 5.97. The van der Waals surface area contributed by atoms with E-state index in [4.69, 9.17) is 10.3 Å². The lowest BCUT2D eigenvalue weighted by atomic mass is 10.1. The predicted octanol–water partition coefficient (Wildman–Crippen LogP) is 2.70. The Balaban J connectivity index is 2.17. The molecule has 1 heterocycles. The van der Waals surface area contributed by atoms with Gasteiger partial charge in [0.05, 0.1) is 6.04 Å². The molecule has 2 aromatic rings. The zero-order chi connectivity index (χ0) is 15.4. The van der Waals surface area contributed by atoms with E-state index in [1.165, 1.54) is 11.1 Å². The first-order valence-corrected chi connectivity index (χ1v) is 7.43. The molecular weight excluding hydrogens is 264 g/mol. The third-order valence-electron chi connectivity index (χ3n) is 3.59. The Hall–Kier alpha value is -1.72. The fourth-order valence-electron chi connectivity index (χ4n) is 2.44. The van der Waals surface area contributed by atoms with Crippen molar-refractivity contribution in [2.45, 2.75) is 33.7 Å². The Labute approximate surface area is 126 Å². The standard InChI is InChI=1S/C16H24N4O/c1-5-20(6-2)10-14(17)15-18-16(21-19-15)13-8-11(3)7-12(4)9-13/h7-9,14H,5-6,10,17H2,1-4H3. The summed E-state index contributed by atoms with van der Waals surface area (Å²) in [5, 5.41) is 4.04. The second-order valence-corrected chi connectivity index (χ2v) is 5.43. The van der Waals surface area contributed by atoms with Gasteiger partial charge < -0.3 is 15.2 Å². The summed E-state index contributed by atoms with van der Waals surface area (Å²) in [5.41, 5.74) is 9.47. The summed E-state index contributed by atoms with van der Waals surface area (Å²) >= 11 is 0. The van der Waals surface area contributed by atoms with E-state index in [-0.39, 0.29) is 6.04 Å². The highest BCUT2D eigenvalue weighted by atomic mass is 16.5. The zero-order valence-corrected chi connectivity index (χ0v) is 13.3.